The molecule has 0 fully saturated rings. The minimum atomic E-state index is -0.0634. The second-order valence-electron chi connectivity index (χ2n) is 4.77. The molecule has 5 heteroatoms. The standard InChI is InChI=1S/C15H18BrN3O/c1-4-14-12(9-19(3)18-14)8-17-15(20)11-5-6-13(16)10(2)7-11/h5-7,9H,4,8H2,1-3H3,(H,17,20). The number of carbonyl (C=O) groups excluding carboxylic acids is 1. The summed E-state index contributed by atoms with van der Waals surface area (Å²) in [6.45, 7) is 4.54. The number of amides is 1. The average Bonchev–Trinajstić information content (AvgIpc) is 2.79. The van der Waals surface area contributed by atoms with Crippen molar-refractivity contribution in [3.05, 3.63) is 51.3 Å². The molecule has 0 aliphatic heterocycles. The van der Waals surface area contributed by atoms with Crippen molar-refractivity contribution < 1.29 is 4.79 Å². The van der Waals surface area contributed by atoms with Crippen LogP contribution in [0.5, 0.6) is 0 Å². The largest absolute Gasteiger partial charge is 0.348 e. The van der Waals surface area contributed by atoms with Crippen LogP contribution >= 0.6 is 15.9 Å². The third kappa shape index (κ3) is 3.28. The van der Waals surface area contributed by atoms with Gasteiger partial charge < -0.3 is 5.32 Å². The van der Waals surface area contributed by atoms with E-state index in [0.29, 0.717) is 12.1 Å². The fourth-order valence-corrected chi connectivity index (χ4v) is 2.34. The lowest BCUT2D eigenvalue weighted by Crippen LogP contribution is -2.23. The van der Waals surface area contributed by atoms with E-state index in [4.69, 9.17) is 0 Å². The lowest BCUT2D eigenvalue weighted by atomic mass is 10.1. The van der Waals surface area contributed by atoms with Crippen LogP contribution < -0.4 is 5.32 Å². The molecule has 2 aromatic rings. The van der Waals surface area contributed by atoms with Gasteiger partial charge in [-0.3, -0.25) is 9.48 Å². The van der Waals surface area contributed by atoms with E-state index in [0.717, 1.165) is 27.7 Å². The van der Waals surface area contributed by atoms with Crippen LogP contribution in [-0.2, 0) is 20.0 Å². The van der Waals surface area contributed by atoms with Gasteiger partial charge in [0.05, 0.1) is 5.69 Å². The van der Waals surface area contributed by atoms with Crippen LogP contribution in [0.4, 0.5) is 0 Å². The number of halogens is 1. The maximum Gasteiger partial charge on any atom is 0.251 e. The minimum Gasteiger partial charge on any atom is -0.348 e. The third-order valence-corrected chi connectivity index (χ3v) is 4.08. The lowest BCUT2D eigenvalue weighted by Gasteiger charge is -2.06. The van der Waals surface area contributed by atoms with Crippen molar-refractivity contribution in [2.24, 2.45) is 7.05 Å². The number of aromatic nitrogens is 2. The zero-order valence-corrected chi connectivity index (χ0v) is 13.5. The van der Waals surface area contributed by atoms with Gasteiger partial charge in [0.1, 0.15) is 0 Å². The molecule has 4 nitrogen and oxygen atoms in total. The molecular weight excluding hydrogens is 318 g/mol. The second kappa shape index (κ2) is 6.22. The van der Waals surface area contributed by atoms with Crippen molar-refractivity contribution in [3.8, 4) is 0 Å². The predicted molar refractivity (Wildman–Crippen MR) is 82.6 cm³/mol. The third-order valence-electron chi connectivity index (χ3n) is 3.19. The summed E-state index contributed by atoms with van der Waals surface area (Å²) in [4.78, 5) is 12.1. The van der Waals surface area contributed by atoms with Gasteiger partial charge in [0.2, 0.25) is 0 Å². The van der Waals surface area contributed by atoms with Gasteiger partial charge >= 0.3 is 0 Å². The Labute approximate surface area is 127 Å². The molecule has 0 unspecified atom stereocenters. The molecule has 1 heterocycles. The highest BCUT2D eigenvalue weighted by Gasteiger charge is 2.10. The van der Waals surface area contributed by atoms with Gasteiger partial charge in [0, 0.05) is 35.4 Å². The SMILES string of the molecule is CCc1nn(C)cc1CNC(=O)c1ccc(Br)c(C)c1. The first-order chi connectivity index (χ1) is 9.51. The Morgan fingerprint density at radius 3 is 2.85 bits per heavy atom. The number of benzene rings is 1. The smallest absolute Gasteiger partial charge is 0.251 e. The summed E-state index contributed by atoms with van der Waals surface area (Å²) in [5, 5.41) is 7.31. The Bertz CT molecular complexity index is 634. The maximum atomic E-state index is 12.1. The van der Waals surface area contributed by atoms with Crippen LogP contribution in [0.2, 0.25) is 0 Å². The van der Waals surface area contributed by atoms with Gasteiger partial charge in [-0.1, -0.05) is 22.9 Å². The normalized spacial score (nSPS) is 10.6. The van der Waals surface area contributed by atoms with Crippen LogP contribution in [-0.4, -0.2) is 15.7 Å². The molecule has 1 aromatic heterocycles. The minimum absolute atomic E-state index is 0.0634. The molecule has 0 spiro atoms. The number of rotatable bonds is 4. The second-order valence-corrected chi connectivity index (χ2v) is 5.63. The number of nitrogens with zero attached hydrogens (tertiary/aromatic N) is 2. The highest BCUT2D eigenvalue weighted by Crippen LogP contribution is 2.17. The molecule has 0 saturated heterocycles. The van der Waals surface area contributed by atoms with Gasteiger partial charge in [-0.2, -0.15) is 5.10 Å². The topological polar surface area (TPSA) is 46.9 Å². The van der Waals surface area contributed by atoms with E-state index in [-0.39, 0.29) is 5.91 Å². The first-order valence-corrected chi connectivity index (χ1v) is 7.36. The molecule has 0 bridgehead atoms. The molecule has 1 N–H and O–H groups in total. The molecule has 0 aliphatic rings. The molecule has 0 aliphatic carbocycles. The van der Waals surface area contributed by atoms with Crippen molar-refractivity contribution in [2.75, 3.05) is 0 Å². The summed E-state index contributed by atoms with van der Waals surface area (Å²) in [5.74, 6) is -0.0634. The summed E-state index contributed by atoms with van der Waals surface area (Å²) >= 11 is 3.43. The fourth-order valence-electron chi connectivity index (χ4n) is 2.09. The van der Waals surface area contributed by atoms with Crippen molar-refractivity contribution in [3.63, 3.8) is 0 Å². The van der Waals surface area contributed by atoms with Gasteiger partial charge in [-0.15, -0.1) is 0 Å². The van der Waals surface area contributed by atoms with E-state index in [1.54, 1.807) is 4.68 Å². The zero-order chi connectivity index (χ0) is 14.7. The number of hydrogen-bond acceptors (Lipinski definition) is 2. The maximum absolute atomic E-state index is 12.1. The fraction of sp³-hybridized carbons (Fsp3) is 0.333. The predicted octanol–water partition coefficient (Wildman–Crippen LogP) is 2.98. The van der Waals surface area contributed by atoms with Gasteiger partial charge in [0.15, 0.2) is 0 Å². The molecule has 1 aromatic carbocycles. The zero-order valence-electron chi connectivity index (χ0n) is 11.9. The molecule has 2 rings (SSSR count). The highest BCUT2D eigenvalue weighted by molar-refractivity contribution is 9.10. The number of carbonyl (C=O) groups is 1. The van der Waals surface area contributed by atoms with Crippen molar-refractivity contribution >= 4 is 21.8 Å². The van der Waals surface area contributed by atoms with Crippen LogP contribution in [0.25, 0.3) is 0 Å². The van der Waals surface area contributed by atoms with Crippen LogP contribution in [0.15, 0.2) is 28.9 Å². The number of aryl methyl sites for hydroxylation is 3. The Hall–Kier alpha value is -1.62. The molecule has 1 amide bonds. The van der Waals surface area contributed by atoms with Crippen molar-refractivity contribution in [1.29, 1.82) is 0 Å². The number of hydrogen-bond donors (Lipinski definition) is 1. The number of nitrogens with one attached hydrogen (secondary N) is 1. The highest BCUT2D eigenvalue weighted by atomic mass is 79.9. The molecular formula is C15H18BrN3O. The van der Waals surface area contributed by atoms with Crippen molar-refractivity contribution in [2.45, 2.75) is 26.8 Å². The van der Waals surface area contributed by atoms with Crippen LogP contribution in [0.3, 0.4) is 0 Å². The van der Waals surface area contributed by atoms with Gasteiger partial charge in [-0.25, -0.2) is 0 Å². The molecule has 0 radical (unpaired) electrons. The van der Waals surface area contributed by atoms with Gasteiger partial charge in [0.25, 0.3) is 5.91 Å². The summed E-state index contributed by atoms with van der Waals surface area (Å²) in [5.41, 5.74) is 3.82. The Kier molecular flexibility index (Phi) is 4.60. The van der Waals surface area contributed by atoms with Crippen molar-refractivity contribution in [1.82, 2.24) is 15.1 Å². The molecule has 0 atom stereocenters. The Morgan fingerprint density at radius 1 is 1.45 bits per heavy atom. The summed E-state index contributed by atoms with van der Waals surface area (Å²) in [6, 6.07) is 5.59. The van der Waals surface area contributed by atoms with Crippen LogP contribution in [0.1, 0.15) is 34.1 Å². The Balaban J connectivity index is 2.06. The summed E-state index contributed by atoms with van der Waals surface area (Å²) in [7, 11) is 1.89. The van der Waals surface area contributed by atoms with Crippen LogP contribution in [0, 0.1) is 6.92 Å². The monoisotopic (exact) mass is 335 g/mol. The summed E-state index contributed by atoms with van der Waals surface area (Å²) < 4.78 is 2.79. The van der Waals surface area contributed by atoms with Gasteiger partial charge in [-0.05, 0) is 37.1 Å². The lowest BCUT2D eigenvalue weighted by molar-refractivity contribution is 0.0950. The van der Waals surface area contributed by atoms with E-state index in [9.17, 15) is 4.79 Å². The van der Waals surface area contributed by atoms with E-state index < -0.39 is 0 Å². The van der Waals surface area contributed by atoms with E-state index in [1.807, 2.05) is 38.4 Å². The first kappa shape index (κ1) is 14.8. The molecule has 0 saturated carbocycles. The van der Waals surface area contributed by atoms with E-state index in [1.165, 1.54) is 0 Å². The summed E-state index contributed by atoms with van der Waals surface area (Å²) in [6.07, 6.45) is 2.81. The quantitative estimate of drug-likeness (QED) is 0.933. The molecule has 106 valence electrons. The first-order valence-electron chi connectivity index (χ1n) is 6.57. The molecule has 20 heavy (non-hydrogen) atoms. The Morgan fingerprint density at radius 2 is 2.20 bits per heavy atom. The van der Waals surface area contributed by atoms with E-state index in [2.05, 4.69) is 33.3 Å². The van der Waals surface area contributed by atoms with E-state index >= 15 is 0 Å². The average molecular weight is 336 g/mol.